The van der Waals surface area contributed by atoms with Gasteiger partial charge in [0, 0.05) is 29.2 Å². The number of anilines is 1. The summed E-state index contributed by atoms with van der Waals surface area (Å²) in [6.45, 7) is 4.21. The van der Waals surface area contributed by atoms with E-state index < -0.39 is 6.04 Å². The number of rotatable bonds is 7. The first-order valence-electron chi connectivity index (χ1n) is 9.05. The maximum Gasteiger partial charge on any atom is 0.247 e. The van der Waals surface area contributed by atoms with Crippen LogP contribution in [0.4, 0.5) is 5.13 Å². The minimum atomic E-state index is -0.473. The third-order valence-corrected chi connectivity index (χ3v) is 5.29. The van der Waals surface area contributed by atoms with Gasteiger partial charge in [-0.25, -0.2) is 4.98 Å². The summed E-state index contributed by atoms with van der Waals surface area (Å²) in [5, 5.41) is 10.7. The third kappa shape index (κ3) is 4.43. The lowest BCUT2D eigenvalue weighted by Crippen LogP contribution is -2.30. The molecule has 6 nitrogen and oxygen atoms in total. The summed E-state index contributed by atoms with van der Waals surface area (Å²) in [6, 6.07) is 8.03. The van der Waals surface area contributed by atoms with E-state index in [9.17, 15) is 4.79 Å². The van der Waals surface area contributed by atoms with Crippen LogP contribution in [-0.4, -0.2) is 27.7 Å². The Labute approximate surface area is 163 Å². The molecule has 0 fully saturated rings. The number of aromatic nitrogens is 3. The highest BCUT2D eigenvalue weighted by molar-refractivity contribution is 7.16. The molecule has 2 N–H and O–H groups in total. The monoisotopic (exact) mass is 383 g/mol. The van der Waals surface area contributed by atoms with Crippen molar-refractivity contribution in [1.29, 1.82) is 0 Å². The van der Waals surface area contributed by atoms with Gasteiger partial charge in [-0.05, 0) is 26.0 Å². The number of carbonyl (C=O) groups is 1. The molecule has 1 atom stereocenters. The van der Waals surface area contributed by atoms with Crippen molar-refractivity contribution in [2.45, 2.75) is 32.7 Å². The van der Waals surface area contributed by atoms with Crippen molar-refractivity contribution < 1.29 is 4.79 Å². The Kier molecular flexibility index (Phi) is 6.03. The summed E-state index contributed by atoms with van der Waals surface area (Å²) >= 11 is 1.49. The number of thiazole rings is 1. The van der Waals surface area contributed by atoms with E-state index >= 15 is 0 Å². The number of hydrogen-bond donors (Lipinski definition) is 2. The molecule has 142 valence electrons. The molecule has 0 aliphatic heterocycles. The first kappa shape index (κ1) is 19.3. The van der Waals surface area contributed by atoms with Gasteiger partial charge in [-0.2, -0.15) is 5.10 Å². The van der Waals surface area contributed by atoms with Crippen molar-refractivity contribution in [3.8, 4) is 11.3 Å². The Morgan fingerprint density at radius 3 is 2.63 bits per heavy atom. The first-order chi connectivity index (χ1) is 13.0. The highest BCUT2D eigenvalue weighted by Crippen LogP contribution is 2.31. The summed E-state index contributed by atoms with van der Waals surface area (Å²) in [6.07, 6.45) is 5.74. The molecule has 1 amide bonds. The van der Waals surface area contributed by atoms with Crippen LogP contribution < -0.4 is 10.6 Å². The third-order valence-electron chi connectivity index (χ3n) is 4.40. The van der Waals surface area contributed by atoms with Crippen LogP contribution in [0.15, 0.2) is 36.7 Å². The molecule has 0 aliphatic carbocycles. The van der Waals surface area contributed by atoms with Gasteiger partial charge in [0.05, 0.1) is 11.9 Å². The Balaban J connectivity index is 1.76. The van der Waals surface area contributed by atoms with Crippen LogP contribution in [0.3, 0.4) is 0 Å². The van der Waals surface area contributed by atoms with E-state index in [0.29, 0.717) is 5.13 Å². The molecule has 2 aromatic heterocycles. The highest BCUT2D eigenvalue weighted by atomic mass is 32.1. The summed E-state index contributed by atoms with van der Waals surface area (Å²) in [5.41, 5.74) is 4.13. The van der Waals surface area contributed by atoms with Crippen LogP contribution in [0.5, 0.6) is 0 Å². The van der Waals surface area contributed by atoms with Crippen molar-refractivity contribution in [3.05, 3.63) is 52.7 Å². The molecule has 0 radical (unpaired) electrons. The van der Waals surface area contributed by atoms with Gasteiger partial charge in [-0.15, -0.1) is 11.3 Å². The molecule has 0 spiro atoms. The van der Waals surface area contributed by atoms with Crippen molar-refractivity contribution in [3.63, 3.8) is 0 Å². The summed E-state index contributed by atoms with van der Waals surface area (Å²) < 4.78 is 1.68. The second-order valence-electron chi connectivity index (χ2n) is 6.53. The molecule has 0 bridgehead atoms. The van der Waals surface area contributed by atoms with Gasteiger partial charge in [0.1, 0.15) is 6.04 Å². The lowest BCUT2D eigenvalue weighted by molar-refractivity contribution is -0.118. The lowest BCUT2D eigenvalue weighted by Gasteiger charge is -2.12. The Bertz CT molecular complexity index is 913. The molecule has 7 heteroatoms. The van der Waals surface area contributed by atoms with Gasteiger partial charge in [0.25, 0.3) is 0 Å². The van der Waals surface area contributed by atoms with Crippen molar-refractivity contribution in [2.24, 2.45) is 7.05 Å². The fourth-order valence-electron chi connectivity index (χ4n) is 3.05. The Morgan fingerprint density at radius 2 is 2.04 bits per heavy atom. The number of hydrogen-bond acceptors (Lipinski definition) is 5. The largest absolute Gasteiger partial charge is 0.305 e. The molecule has 3 rings (SSSR count). The molecule has 1 aromatic carbocycles. The number of carbonyl (C=O) groups excluding carboxylic acids is 1. The van der Waals surface area contributed by atoms with Gasteiger partial charge in [0.2, 0.25) is 5.91 Å². The number of benzene rings is 1. The zero-order valence-electron chi connectivity index (χ0n) is 16.1. The van der Waals surface area contributed by atoms with E-state index in [4.69, 9.17) is 0 Å². The van der Waals surface area contributed by atoms with Crippen LogP contribution in [0.1, 0.15) is 35.4 Å². The topological polar surface area (TPSA) is 71.8 Å². The van der Waals surface area contributed by atoms with Gasteiger partial charge in [0.15, 0.2) is 5.13 Å². The predicted molar refractivity (Wildman–Crippen MR) is 110 cm³/mol. The lowest BCUT2D eigenvalue weighted by atomic mass is 10.1. The minimum absolute atomic E-state index is 0.149. The predicted octanol–water partition coefficient (Wildman–Crippen LogP) is 3.70. The summed E-state index contributed by atoms with van der Waals surface area (Å²) in [7, 11) is 3.59. The SMILES string of the molecule is CCCc1ccc(-c2nc(NC(=O)C(NC)c3cnn(C)c3)sc2C)cc1. The summed E-state index contributed by atoms with van der Waals surface area (Å²) in [4.78, 5) is 18.4. The van der Waals surface area contributed by atoms with Crippen LogP contribution in [0, 0.1) is 6.92 Å². The smallest absolute Gasteiger partial charge is 0.247 e. The van der Waals surface area contributed by atoms with Gasteiger partial charge < -0.3 is 10.6 Å². The van der Waals surface area contributed by atoms with E-state index in [1.807, 2.05) is 20.2 Å². The number of aryl methyl sites for hydroxylation is 3. The zero-order valence-corrected chi connectivity index (χ0v) is 16.9. The molecule has 27 heavy (non-hydrogen) atoms. The molecule has 1 unspecified atom stereocenters. The average Bonchev–Trinajstić information content (AvgIpc) is 3.22. The number of nitrogens with one attached hydrogen (secondary N) is 2. The molecule has 2 heterocycles. The van der Waals surface area contributed by atoms with Crippen molar-refractivity contribution in [1.82, 2.24) is 20.1 Å². The van der Waals surface area contributed by atoms with Crippen LogP contribution in [0.25, 0.3) is 11.3 Å². The van der Waals surface area contributed by atoms with Crippen LogP contribution in [0.2, 0.25) is 0 Å². The van der Waals surface area contributed by atoms with E-state index in [1.165, 1.54) is 16.9 Å². The molecular formula is C20H25N5OS. The van der Waals surface area contributed by atoms with Gasteiger partial charge in [-0.3, -0.25) is 9.48 Å². The number of likely N-dealkylation sites (N-methyl/N-ethyl adjacent to an activating group) is 1. The maximum atomic E-state index is 12.7. The van der Waals surface area contributed by atoms with E-state index in [-0.39, 0.29) is 5.91 Å². The first-order valence-corrected chi connectivity index (χ1v) is 9.87. The molecule has 0 aliphatic rings. The van der Waals surface area contributed by atoms with E-state index in [1.54, 1.807) is 17.9 Å². The van der Waals surface area contributed by atoms with E-state index in [2.05, 4.69) is 51.9 Å². The molecular weight excluding hydrogens is 358 g/mol. The fourth-order valence-corrected chi connectivity index (χ4v) is 3.89. The van der Waals surface area contributed by atoms with Crippen LogP contribution >= 0.6 is 11.3 Å². The van der Waals surface area contributed by atoms with Gasteiger partial charge >= 0.3 is 0 Å². The minimum Gasteiger partial charge on any atom is -0.305 e. The molecule has 3 aromatic rings. The summed E-state index contributed by atoms with van der Waals surface area (Å²) in [5.74, 6) is -0.149. The van der Waals surface area contributed by atoms with Crippen molar-refractivity contribution in [2.75, 3.05) is 12.4 Å². The van der Waals surface area contributed by atoms with E-state index in [0.717, 1.165) is 34.5 Å². The molecule has 0 saturated carbocycles. The average molecular weight is 384 g/mol. The molecule has 0 saturated heterocycles. The quantitative estimate of drug-likeness (QED) is 0.652. The van der Waals surface area contributed by atoms with Crippen molar-refractivity contribution >= 4 is 22.4 Å². The Morgan fingerprint density at radius 1 is 1.30 bits per heavy atom. The van der Waals surface area contributed by atoms with Crippen LogP contribution in [-0.2, 0) is 18.3 Å². The zero-order chi connectivity index (χ0) is 19.4. The number of amides is 1. The highest BCUT2D eigenvalue weighted by Gasteiger charge is 2.22. The maximum absolute atomic E-state index is 12.7. The normalized spacial score (nSPS) is 12.1. The number of nitrogens with zero attached hydrogens (tertiary/aromatic N) is 3. The van der Waals surface area contributed by atoms with Gasteiger partial charge in [-0.1, -0.05) is 37.6 Å². The standard InChI is InChI=1S/C20H25N5OS/c1-5-6-14-7-9-15(10-8-14)17-13(2)27-20(23-17)24-19(26)18(21-3)16-11-22-25(4)12-16/h7-12,18,21H,5-6H2,1-4H3,(H,23,24,26). The second kappa shape index (κ2) is 8.45. The fraction of sp³-hybridized carbons (Fsp3) is 0.350. The second-order valence-corrected chi connectivity index (χ2v) is 7.73. The Hall–Kier alpha value is -2.51.